The zero-order chi connectivity index (χ0) is 15.3. The SMILES string of the molecule is CCc1nnc(C(C)(N)CO)o1.O=C(O)C(F)(F)F. The Hall–Kier alpha value is -1.68. The van der Waals surface area contributed by atoms with Crippen LogP contribution < -0.4 is 5.73 Å². The molecule has 0 radical (unpaired) electrons. The maximum Gasteiger partial charge on any atom is 0.490 e. The highest BCUT2D eigenvalue weighted by Gasteiger charge is 2.38. The van der Waals surface area contributed by atoms with Crippen molar-refractivity contribution in [1.82, 2.24) is 10.2 Å². The van der Waals surface area contributed by atoms with Crippen molar-refractivity contribution in [2.75, 3.05) is 6.61 Å². The monoisotopic (exact) mass is 285 g/mol. The molecule has 1 aromatic rings. The molecule has 0 saturated carbocycles. The van der Waals surface area contributed by atoms with E-state index in [0.717, 1.165) is 0 Å². The molecule has 1 heterocycles. The number of aliphatic hydroxyl groups is 1. The molecule has 0 spiro atoms. The first kappa shape index (κ1) is 17.3. The molecule has 1 aromatic heterocycles. The van der Waals surface area contributed by atoms with Gasteiger partial charge in [-0.15, -0.1) is 10.2 Å². The molecule has 10 heteroatoms. The molecular weight excluding hydrogens is 271 g/mol. The number of aryl methyl sites for hydroxylation is 1. The molecule has 0 saturated heterocycles. The van der Waals surface area contributed by atoms with E-state index in [-0.39, 0.29) is 12.5 Å². The van der Waals surface area contributed by atoms with Crippen molar-refractivity contribution in [2.24, 2.45) is 5.73 Å². The van der Waals surface area contributed by atoms with Crippen LogP contribution >= 0.6 is 0 Å². The number of aromatic nitrogens is 2. The minimum absolute atomic E-state index is 0.210. The molecule has 7 nitrogen and oxygen atoms in total. The Morgan fingerprint density at radius 1 is 1.42 bits per heavy atom. The van der Waals surface area contributed by atoms with Gasteiger partial charge < -0.3 is 20.4 Å². The number of nitrogens with two attached hydrogens (primary N) is 1. The summed E-state index contributed by atoms with van der Waals surface area (Å²) in [6.07, 6.45) is -4.41. The van der Waals surface area contributed by atoms with Crippen molar-refractivity contribution in [1.29, 1.82) is 0 Å². The second-order valence-corrected chi connectivity index (χ2v) is 3.73. The van der Waals surface area contributed by atoms with Crippen LogP contribution in [0.3, 0.4) is 0 Å². The van der Waals surface area contributed by atoms with Gasteiger partial charge in [-0.1, -0.05) is 6.92 Å². The van der Waals surface area contributed by atoms with E-state index in [0.29, 0.717) is 12.3 Å². The lowest BCUT2D eigenvalue weighted by molar-refractivity contribution is -0.192. The number of hydrogen-bond donors (Lipinski definition) is 3. The minimum atomic E-state index is -5.08. The lowest BCUT2D eigenvalue weighted by atomic mass is 10.1. The van der Waals surface area contributed by atoms with E-state index in [1.54, 1.807) is 6.92 Å². The molecule has 0 aliphatic heterocycles. The fraction of sp³-hybridized carbons (Fsp3) is 0.667. The zero-order valence-corrected chi connectivity index (χ0v) is 10.2. The maximum absolute atomic E-state index is 10.6. The molecule has 1 rings (SSSR count). The van der Waals surface area contributed by atoms with Gasteiger partial charge in [0.25, 0.3) is 0 Å². The van der Waals surface area contributed by atoms with Crippen LogP contribution in [-0.2, 0) is 16.8 Å². The van der Waals surface area contributed by atoms with Crippen LogP contribution in [-0.4, -0.2) is 39.2 Å². The van der Waals surface area contributed by atoms with Gasteiger partial charge in [0, 0.05) is 6.42 Å². The van der Waals surface area contributed by atoms with E-state index in [2.05, 4.69) is 10.2 Å². The molecule has 1 unspecified atom stereocenters. The van der Waals surface area contributed by atoms with Gasteiger partial charge in [-0.25, -0.2) is 4.79 Å². The summed E-state index contributed by atoms with van der Waals surface area (Å²) >= 11 is 0. The first-order valence-corrected chi connectivity index (χ1v) is 5.07. The summed E-state index contributed by atoms with van der Waals surface area (Å²) in [6, 6.07) is 0. The van der Waals surface area contributed by atoms with Crippen molar-refractivity contribution in [2.45, 2.75) is 32.0 Å². The summed E-state index contributed by atoms with van der Waals surface area (Å²) in [5.74, 6) is -1.94. The zero-order valence-electron chi connectivity index (χ0n) is 10.2. The largest absolute Gasteiger partial charge is 0.490 e. The topological polar surface area (TPSA) is 122 Å². The Balaban J connectivity index is 0.000000399. The predicted octanol–water partition coefficient (Wildman–Crippen LogP) is 0.431. The van der Waals surface area contributed by atoms with E-state index < -0.39 is 17.7 Å². The average molecular weight is 285 g/mol. The highest BCUT2D eigenvalue weighted by molar-refractivity contribution is 5.73. The van der Waals surface area contributed by atoms with Gasteiger partial charge in [-0.05, 0) is 6.92 Å². The number of rotatable bonds is 3. The molecule has 0 amide bonds. The number of carboxylic acid groups (broad SMARTS) is 1. The van der Waals surface area contributed by atoms with Gasteiger partial charge in [-0.3, -0.25) is 0 Å². The van der Waals surface area contributed by atoms with E-state index in [4.69, 9.17) is 25.2 Å². The quantitative estimate of drug-likeness (QED) is 0.736. The predicted molar refractivity (Wildman–Crippen MR) is 56.0 cm³/mol. The summed E-state index contributed by atoms with van der Waals surface area (Å²) in [6.45, 7) is 3.34. The third kappa shape index (κ3) is 5.66. The molecule has 4 N–H and O–H groups in total. The van der Waals surface area contributed by atoms with E-state index in [9.17, 15) is 13.2 Å². The third-order valence-electron chi connectivity index (χ3n) is 1.83. The Morgan fingerprint density at radius 2 is 1.89 bits per heavy atom. The van der Waals surface area contributed by atoms with Crippen LogP contribution in [0.25, 0.3) is 0 Å². The van der Waals surface area contributed by atoms with Crippen LogP contribution in [0.5, 0.6) is 0 Å². The van der Waals surface area contributed by atoms with E-state index in [1.807, 2.05) is 6.92 Å². The Bertz CT molecular complexity index is 417. The first-order chi connectivity index (χ1) is 8.54. The van der Waals surface area contributed by atoms with Crippen molar-refractivity contribution in [3.8, 4) is 0 Å². The highest BCUT2D eigenvalue weighted by Crippen LogP contribution is 2.15. The van der Waals surface area contributed by atoms with Crippen molar-refractivity contribution >= 4 is 5.97 Å². The summed E-state index contributed by atoms with van der Waals surface area (Å²) in [5.41, 5.74) is 4.73. The van der Waals surface area contributed by atoms with Gasteiger partial charge in [0.05, 0.1) is 6.61 Å². The van der Waals surface area contributed by atoms with Gasteiger partial charge >= 0.3 is 12.1 Å². The number of halogens is 3. The summed E-state index contributed by atoms with van der Waals surface area (Å²) in [7, 11) is 0. The van der Waals surface area contributed by atoms with E-state index in [1.165, 1.54) is 0 Å². The van der Waals surface area contributed by atoms with Crippen LogP contribution in [0, 0.1) is 0 Å². The van der Waals surface area contributed by atoms with Crippen LogP contribution in [0.2, 0.25) is 0 Å². The first-order valence-electron chi connectivity index (χ1n) is 5.07. The number of aliphatic hydroxyl groups excluding tert-OH is 1. The van der Waals surface area contributed by atoms with Crippen LogP contribution in [0.1, 0.15) is 25.6 Å². The number of hydrogen-bond acceptors (Lipinski definition) is 6. The maximum atomic E-state index is 10.6. The van der Waals surface area contributed by atoms with Crippen molar-refractivity contribution in [3.05, 3.63) is 11.8 Å². The molecule has 0 aliphatic rings. The Kier molecular flexibility index (Phi) is 5.90. The summed E-state index contributed by atoms with van der Waals surface area (Å²) in [4.78, 5) is 8.90. The van der Waals surface area contributed by atoms with Crippen molar-refractivity contribution in [3.63, 3.8) is 0 Å². The second-order valence-electron chi connectivity index (χ2n) is 3.73. The van der Waals surface area contributed by atoms with Crippen LogP contribution in [0.15, 0.2) is 4.42 Å². The number of aliphatic carboxylic acids is 1. The van der Waals surface area contributed by atoms with Gasteiger partial charge in [-0.2, -0.15) is 13.2 Å². The molecule has 19 heavy (non-hydrogen) atoms. The normalized spacial score (nSPS) is 14.3. The lowest BCUT2D eigenvalue weighted by Gasteiger charge is -2.15. The van der Waals surface area contributed by atoms with Crippen molar-refractivity contribution < 1.29 is 32.6 Å². The summed E-state index contributed by atoms with van der Waals surface area (Å²) in [5, 5.41) is 23.5. The third-order valence-corrected chi connectivity index (χ3v) is 1.83. The van der Waals surface area contributed by atoms with Gasteiger partial charge in [0.1, 0.15) is 5.54 Å². The molecule has 0 bridgehead atoms. The van der Waals surface area contributed by atoms with Gasteiger partial charge in [0.15, 0.2) is 0 Å². The summed E-state index contributed by atoms with van der Waals surface area (Å²) < 4.78 is 36.9. The molecule has 110 valence electrons. The number of carbonyl (C=O) groups is 1. The molecule has 0 aromatic carbocycles. The fourth-order valence-corrected chi connectivity index (χ4v) is 0.695. The Labute approximate surface area is 106 Å². The minimum Gasteiger partial charge on any atom is -0.475 e. The second kappa shape index (κ2) is 6.48. The molecular formula is C9H14F3N3O4. The standard InChI is InChI=1S/C7H13N3O2.C2HF3O2/c1-3-5-9-10-6(12-5)7(2,8)4-11;3-2(4,5)1(6)7/h11H,3-4,8H2,1-2H3;(H,6,7). The fourth-order valence-electron chi connectivity index (χ4n) is 0.695. The molecule has 0 fully saturated rings. The molecule has 0 aliphatic carbocycles. The van der Waals surface area contributed by atoms with Crippen LogP contribution in [0.4, 0.5) is 13.2 Å². The highest BCUT2D eigenvalue weighted by atomic mass is 19.4. The molecule has 1 atom stereocenters. The van der Waals surface area contributed by atoms with Gasteiger partial charge in [0.2, 0.25) is 11.8 Å². The smallest absolute Gasteiger partial charge is 0.475 e. The van der Waals surface area contributed by atoms with E-state index >= 15 is 0 Å². The average Bonchev–Trinajstić information content (AvgIpc) is 2.77. The lowest BCUT2D eigenvalue weighted by Crippen LogP contribution is -2.37. The number of nitrogens with zero attached hydrogens (tertiary/aromatic N) is 2. The Morgan fingerprint density at radius 3 is 2.16 bits per heavy atom. The number of alkyl halides is 3. The number of carboxylic acids is 1.